The monoisotopic (exact) mass is 446 g/mol. The number of carbonyl (C=O) groups excluding carboxylic acids is 1. The van der Waals surface area contributed by atoms with E-state index >= 15 is 0 Å². The van der Waals surface area contributed by atoms with Crippen molar-refractivity contribution in [2.45, 2.75) is 18.6 Å². The van der Waals surface area contributed by atoms with E-state index in [1.165, 1.54) is 18.2 Å². The molecule has 0 saturated carbocycles. The van der Waals surface area contributed by atoms with Gasteiger partial charge in [-0.05, 0) is 19.1 Å². The first-order chi connectivity index (χ1) is 14.8. The number of carbonyl (C=O) groups is 1. The van der Waals surface area contributed by atoms with Gasteiger partial charge in [-0.3, -0.25) is 25.0 Å². The number of nitro benzene ring substituents is 2. The van der Waals surface area contributed by atoms with Crippen molar-refractivity contribution in [3.63, 3.8) is 0 Å². The number of benzene rings is 2. The van der Waals surface area contributed by atoms with Gasteiger partial charge in [-0.1, -0.05) is 23.9 Å². The van der Waals surface area contributed by atoms with Crippen molar-refractivity contribution < 1.29 is 19.0 Å². The van der Waals surface area contributed by atoms with Crippen molar-refractivity contribution in [2.75, 3.05) is 11.1 Å². The SMILES string of the molecule is CCn1c(SCC(=O)Nc2ccc(F)c([N+](=O)[O-])c2)nnc1-c1cccc([N+](=O)[O-])c1. The molecule has 0 bridgehead atoms. The Morgan fingerprint density at radius 3 is 2.61 bits per heavy atom. The number of non-ortho nitro benzene ring substituents is 1. The van der Waals surface area contributed by atoms with Gasteiger partial charge in [-0.15, -0.1) is 10.2 Å². The highest BCUT2D eigenvalue weighted by Gasteiger charge is 2.18. The number of halogens is 1. The molecule has 0 fully saturated rings. The fourth-order valence-electron chi connectivity index (χ4n) is 2.71. The molecule has 2 aromatic carbocycles. The van der Waals surface area contributed by atoms with E-state index < -0.39 is 27.3 Å². The number of anilines is 1. The number of amides is 1. The molecule has 0 spiro atoms. The van der Waals surface area contributed by atoms with Gasteiger partial charge in [-0.25, -0.2) is 0 Å². The number of thioether (sulfide) groups is 1. The quantitative estimate of drug-likeness (QED) is 0.313. The Labute approximate surface area is 178 Å². The van der Waals surface area contributed by atoms with Crippen LogP contribution < -0.4 is 5.32 Å². The minimum atomic E-state index is -0.998. The van der Waals surface area contributed by atoms with Crippen molar-refractivity contribution in [2.24, 2.45) is 0 Å². The van der Waals surface area contributed by atoms with Gasteiger partial charge in [0.25, 0.3) is 5.69 Å². The fraction of sp³-hybridized carbons (Fsp3) is 0.167. The molecule has 31 heavy (non-hydrogen) atoms. The number of rotatable bonds is 8. The molecule has 0 aliphatic heterocycles. The van der Waals surface area contributed by atoms with Crippen LogP contribution in [0.15, 0.2) is 47.6 Å². The molecule has 0 radical (unpaired) electrons. The van der Waals surface area contributed by atoms with Crippen LogP contribution in [-0.4, -0.2) is 36.3 Å². The third-order valence-electron chi connectivity index (χ3n) is 4.11. The lowest BCUT2D eigenvalue weighted by atomic mass is 10.2. The Bertz CT molecular complexity index is 1170. The predicted octanol–water partition coefficient (Wildman–Crippen LogP) is 3.65. The van der Waals surface area contributed by atoms with Gasteiger partial charge in [0, 0.05) is 36.0 Å². The van der Waals surface area contributed by atoms with Gasteiger partial charge in [-0.2, -0.15) is 4.39 Å². The summed E-state index contributed by atoms with van der Waals surface area (Å²) in [7, 11) is 0. The molecule has 3 rings (SSSR count). The second kappa shape index (κ2) is 9.30. The average Bonchev–Trinajstić information content (AvgIpc) is 3.16. The van der Waals surface area contributed by atoms with Gasteiger partial charge in [0.15, 0.2) is 11.0 Å². The lowest BCUT2D eigenvalue weighted by Gasteiger charge is -2.08. The Kier molecular flexibility index (Phi) is 6.55. The molecule has 3 aromatic rings. The van der Waals surface area contributed by atoms with Crippen LogP contribution in [0.3, 0.4) is 0 Å². The maximum atomic E-state index is 13.4. The summed E-state index contributed by atoms with van der Waals surface area (Å²) in [5.74, 6) is -1.14. The zero-order valence-corrected chi connectivity index (χ0v) is 16.8. The van der Waals surface area contributed by atoms with Crippen molar-refractivity contribution in [3.8, 4) is 11.4 Å². The summed E-state index contributed by atoms with van der Waals surface area (Å²) in [5, 5.41) is 32.8. The van der Waals surface area contributed by atoms with E-state index in [0.29, 0.717) is 23.1 Å². The molecule has 11 nitrogen and oxygen atoms in total. The first-order valence-electron chi connectivity index (χ1n) is 8.84. The van der Waals surface area contributed by atoms with E-state index in [1.54, 1.807) is 16.7 Å². The molecular formula is C18H15FN6O5S. The summed E-state index contributed by atoms with van der Waals surface area (Å²) >= 11 is 1.07. The fourth-order valence-corrected chi connectivity index (χ4v) is 3.51. The van der Waals surface area contributed by atoms with Crippen LogP contribution in [0.5, 0.6) is 0 Å². The molecule has 0 unspecified atom stereocenters. The van der Waals surface area contributed by atoms with Gasteiger partial charge in [0.05, 0.1) is 15.6 Å². The van der Waals surface area contributed by atoms with Crippen LogP contribution in [0.1, 0.15) is 6.92 Å². The zero-order valence-electron chi connectivity index (χ0n) is 16.0. The van der Waals surface area contributed by atoms with Crippen LogP contribution in [0.25, 0.3) is 11.4 Å². The lowest BCUT2D eigenvalue weighted by molar-refractivity contribution is -0.387. The van der Waals surface area contributed by atoms with E-state index in [4.69, 9.17) is 0 Å². The van der Waals surface area contributed by atoms with E-state index in [9.17, 15) is 29.4 Å². The molecular weight excluding hydrogens is 431 g/mol. The maximum Gasteiger partial charge on any atom is 0.306 e. The van der Waals surface area contributed by atoms with Crippen molar-refractivity contribution >= 4 is 34.7 Å². The second-order valence-corrected chi connectivity index (χ2v) is 7.06. The summed E-state index contributed by atoms with van der Waals surface area (Å²) in [6.07, 6.45) is 0. The Morgan fingerprint density at radius 1 is 1.16 bits per heavy atom. The summed E-state index contributed by atoms with van der Waals surface area (Å²) in [6, 6.07) is 9.04. The van der Waals surface area contributed by atoms with Crippen LogP contribution in [-0.2, 0) is 11.3 Å². The van der Waals surface area contributed by atoms with Gasteiger partial charge >= 0.3 is 5.69 Å². The summed E-state index contributed by atoms with van der Waals surface area (Å²) in [5.41, 5.74) is -0.214. The van der Waals surface area contributed by atoms with Crippen molar-refractivity contribution in [3.05, 3.63) is 68.5 Å². The van der Waals surface area contributed by atoms with Crippen LogP contribution in [0.4, 0.5) is 21.5 Å². The Hall–Kier alpha value is -3.87. The average molecular weight is 446 g/mol. The van der Waals surface area contributed by atoms with Gasteiger partial charge in [0.1, 0.15) is 0 Å². The Morgan fingerprint density at radius 2 is 1.94 bits per heavy atom. The van der Waals surface area contributed by atoms with Gasteiger partial charge < -0.3 is 9.88 Å². The molecule has 1 heterocycles. The number of hydrogen-bond acceptors (Lipinski definition) is 8. The third kappa shape index (κ3) is 5.01. The summed E-state index contributed by atoms with van der Waals surface area (Å²) < 4.78 is 15.1. The number of nitro groups is 2. The molecule has 1 aromatic heterocycles. The second-order valence-electron chi connectivity index (χ2n) is 6.12. The summed E-state index contributed by atoms with van der Waals surface area (Å²) in [4.78, 5) is 32.7. The van der Waals surface area contributed by atoms with Crippen molar-refractivity contribution in [1.29, 1.82) is 0 Å². The molecule has 0 aliphatic carbocycles. The van der Waals surface area contributed by atoms with Crippen LogP contribution in [0.2, 0.25) is 0 Å². The first kappa shape index (κ1) is 21.8. The molecule has 1 N–H and O–H groups in total. The topological polar surface area (TPSA) is 146 Å². The predicted molar refractivity (Wildman–Crippen MR) is 110 cm³/mol. The molecule has 160 valence electrons. The standard InChI is InChI=1S/C18H15FN6O5S/c1-2-23-17(11-4-3-5-13(8-11)24(27)28)21-22-18(23)31-10-16(26)20-12-6-7-14(19)15(9-12)25(29)30/h3-9H,2,10H2,1H3,(H,20,26). The number of hydrogen-bond donors (Lipinski definition) is 1. The highest BCUT2D eigenvalue weighted by atomic mass is 32.2. The van der Waals surface area contributed by atoms with Gasteiger partial charge in [0.2, 0.25) is 11.7 Å². The minimum absolute atomic E-state index is 0.0786. The maximum absolute atomic E-state index is 13.4. The van der Waals surface area contributed by atoms with E-state index in [2.05, 4.69) is 15.5 Å². The Balaban J connectivity index is 1.72. The zero-order chi connectivity index (χ0) is 22.5. The van der Waals surface area contributed by atoms with E-state index in [-0.39, 0.29) is 17.1 Å². The van der Waals surface area contributed by atoms with E-state index in [1.807, 2.05) is 6.92 Å². The molecule has 0 atom stereocenters. The highest BCUT2D eigenvalue weighted by molar-refractivity contribution is 7.99. The molecule has 13 heteroatoms. The summed E-state index contributed by atoms with van der Waals surface area (Å²) in [6.45, 7) is 2.30. The number of aromatic nitrogens is 3. The lowest BCUT2D eigenvalue weighted by Crippen LogP contribution is -2.15. The largest absolute Gasteiger partial charge is 0.325 e. The number of nitrogens with one attached hydrogen (secondary N) is 1. The smallest absolute Gasteiger partial charge is 0.306 e. The third-order valence-corrected chi connectivity index (χ3v) is 5.07. The molecule has 0 aliphatic rings. The van der Waals surface area contributed by atoms with Crippen molar-refractivity contribution in [1.82, 2.24) is 14.8 Å². The normalized spacial score (nSPS) is 10.6. The molecule has 0 saturated heterocycles. The van der Waals surface area contributed by atoms with E-state index in [0.717, 1.165) is 23.9 Å². The molecule has 1 amide bonds. The minimum Gasteiger partial charge on any atom is -0.325 e. The highest BCUT2D eigenvalue weighted by Crippen LogP contribution is 2.27. The number of nitrogens with zero attached hydrogens (tertiary/aromatic N) is 5. The van der Waals surface area contributed by atoms with Crippen LogP contribution in [0, 0.1) is 26.0 Å². The first-order valence-corrected chi connectivity index (χ1v) is 9.83. The van der Waals surface area contributed by atoms with Crippen LogP contribution >= 0.6 is 11.8 Å².